The van der Waals surface area contributed by atoms with E-state index in [0.29, 0.717) is 29.5 Å². The Morgan fingerprint density at radius 2 is 1.83 bits per heavy atom. The van der Waals surface area contributed by atoms with E-state index < -0.39 is 0 Å². The molecule has 3 rings (SSSR count). The van der Waals surface area contributed by atoms with Gasteiger partial charge in [0.1, 0.15) is 5.75 Å². The minimum absolute atomic E-state index is 0.0787. The van der Waals surface area contributed by atoms with Crippen LogP contribution in [0.5, 0.6) is 5.75 Å². The Morgan fingerprint density at radius 1 is 1.10 bits per heavy atom. The van der Waals surface area contributed by atoms with Crippen molar-refractivity contribution in [2.24, 2.45) is 0 Å². The van der Waals surface area contributed by atoms with Gasteiger partial charge in [0.2, 0.25) is 0 Å². The van der Waals surface area contributed by atoms with E-state index in [-0.39, 0.29) is 24.5 Å². The van der Waals surface area contributed by atoms with Crippen LogP contribution in [0, 0.1) is 0 Å². The summed E-state index contributed by atoms with van der Waals surface area (Å²) in [6.07, 6.45) is 2.14. The lowest BCUT2D eigenvalue weighted by Crippen LogP contribution is -2.31. The van der Waals surface area contributed by atoms with Gasteiger partial charge >= 0.3 is 0 Å². The molecular formula is C23H28N2O4. The maximum atomic E-state index is 12.2. The molecule has 1 heterocycles. The van der Waals surface area contributed by atoms with Crippen LogP contribution in [0.4, 0.5) is 5.69 Å². The first kappa shape index (κ1) is 20.9. The molecule has 0 bridgehead atoms. The molecular weight excluding hydrogens is 368 g/mol. The summed E-state index contributed by atoms with van der Waals surface area (Å²) in [6.45, 7) is 5.46. The fourth-order valence-corrected chi connectivity index (χ4v) is 3.11. The van der Waals surface area contributed by atoms with Crippen LogP contribution in [0.15, 0.2) is 48.5 Å². The van der Waals surface area contributed by atoms with Crippen molar-refractivity contribution in [2.45, 2.75) is 38.7 Å². The van der Waals surface area contributed by atoms with Crippen molar-refractivity contribution in [3.8, 4) is 5.75 Å². The van der Waals surface area contributed by atoms with E-state index in [1.165, 1.54) is 5.56 Å². The minimum atomic E-state index is -0.256. The summed E-state index contributed by atoms with van der Waals surface area (Å²) in [5.74, 6) is 0.705. The molecule has 0 spiro atoms. The second-order valence-electron chi connectivity index (χ2n) is 7.48. The predicted octanol–water partition coefficient (Wildman–Crippen LogP) is 3.74. The van der Waals surface area contributed by atoms with Crippen molar-refractivity contribution >= 4 is 17.5 Å². The van der Waals surface area contributed by atoms with Gasteiger partial charge in [-0.25, -0.2) is 0 Å². The van der Waals surface area contributed by atoms with Gasteiger partial charge in [-0.2, -0.15) is 0 Å². The highest BCUT2D eigenvalue weighted by atomic mass is 16.5. The highest BCUT2D eigenvalue weighted by Crippen LogP contribution is 2.18. The topological polar surface area (TPSA) is 76.7 Å². The van der Waals surface area contributed by atoms with E-state index in [1.807, 2.05) is 24.3 Å². The summed E-state index contributed by atoms with van der Waals surface area (Å²) >= 11 is 0. The second kappa shape index (κ2) is 10.1. The van der Waals surface area contributed by atoms with Crippen molar-refractivity contribution in [3.05, 3.63) is 59.7 Å². The second-order valence-corrected chi connectivity index (χ2v) is 7.48. The molecule has 0 aliphatic carbocycles. The number of nitrogens with one attached hydrogen (secondary N) is 2. The van der Waals surface area contributed by atoms with Gasteiger partial charge < -0.3 is 20.1 Å². The van der Waals surface area contributed by atoms with E-state index in [0.717, 1.165) is 19.4 Å². The molecule has 1 fully saturated rings. The Bertz CT molecular complexity index is 810. The summed E-state index contributed by atoms with van der Waals surface area (Å²) < 4.78 is 11.0. The third-order valence-electron chi connectivity index (χ3n) is 4.86. The fraction of sp³-hybridized carbons (Fsp3) is 0.391. The molecule has 0 radical (unpaired) electrons. The number of amides is 2. The van der Waals surface area contributed by atoms with Crippen LogP contribution in [0.2, 0.25) is 0 Å². The number of rotatable bonds is 8. The van der Waals surface area contributed by atoms with Crippen LogP contribution in [-0.4, -0.2) is 37.7 Å². The van der Waals surface area contributed by atoms with Crippen molar-refractivity contribution in [1.82, 2.24) is 5.32 Å². The molecule has 1 saturated heterocycles. The average molecular weight is 396 g/mol. The Kier molecular flexibility index (Phi) is 7.25. The molecule has 154 valence electrons. The molecule has 1 aliphatic heterocycles. The van der Waals surface area contributed by atoms with Gasteiger partial charge in [-0.3, -0.25) is 9.59 Å². The minimum Gasteiger partial charge on any atom is -0.484 e. The lowest BCUT2D eigenvalue weighted by Gasteiger charge is -2.11. The highest BCUT2D eigenvalue weighted by molar-refractivity contribution is 5.96. The average Bonchev–Trinajstić information content (AvgIpc) is 3.25. The summed E-state index contributed by atoms with van der Waals surface area (Å²) in [4.78, 5) is 24.3. The van der Waals surface area contributed by atoms with Crippen molar-refractivity contribution < 1.29 is 19.1 Å². The van der Waals surface area contributed by atoms with Crippen LogP contribution >= 0.6 is 0 Å². The van der Waals surface area contributed by atoms with Gasteiger partial charge in [0.15, 0.2) is 6.61 Å². The zero-order valence-corrected chi connectivity index (χ0v) is 16.9. The molecule has 0 aromatic heterocycles. The van der Waals surface area contributed by atoms with E-state index in [2.05, 4.69) is 24.5 Å². The van der Waals surface area contributed by atoms with Crippen molar-refractivity contribution in [3.63, 3.8) is 0 Å². The SMILES string of the molecule is CC(C)c1ccc(OCC(=O)Nc2ccc(C(=O)NC[C@H]3CCCO3)cc2)cc1. The maximum absolute atomic E-state index is 12.2. The van der Waals surface area contributed by atoms with Crippen LogP contribution in [0.3, 0.4) is 0 Å². The van der Waals surface area contributed by atoms with Crippen molar-refractivity contribution in [2.75, 3.05) is 25.1 Å². The summed E-state index contributed by atoms with van der Waals surface area (Å²) in [6, 6.07) is 14.5. The number of hydrogen-bond donors (Lipinski definition) is 2. The van der Waals surface area contributed by atoms with E-state index in [9.17, 15) is 9.59 Å². The van der Waals surface area contributed by atoms with Crippen LogP contribution in [0.1, 0.15) is 48.5 Å². The third kappa shape index (κ3) is 6.32. The smallest absolute Gasteiger partial charge is 0.262 e. The lowest BCUT2D eigenvalue weighted by atomic mass is 10.0. The molecule has 6 nitrogen and oxygen atoms in total. The molecule has 6 heteroatoms. The van der Waals surface area contributed by atoms with Gasteiger partial charge in [-0.15, -0.1) is 0 Å². The van der Waals surface area contributed by atoms with E-state index >= 15 is 0 Å². The Labute approximate surface area is 171 Å². The van der Waals surface area contributed by atoms with Gasteiger partial charge in [0.25, 0.3) is 11.8 Å². The number of ether oxygens (including phenoxy) is 2. The number of carbonyl (C=O) groups excluding carboxylic acids is 2. The number of anilines is 1. The number of benzene rings is 2. The molecule has 0 unspecified atom stereocenters. The van der Waals surface area contributed by atoms with Crippen LogP contribution < -0.4 is 15.4 Å². The Hall–Kier alpha value is -2.86. The number of hydrogen-bond acceptors (Lipinski definition) is 4. The Morgan fingerprint density at radius 3 is 2.45 bits per heavy atom. The fourth-order valence-electron chi connectivity index (χ4n) is 3.11. The summed E-state index contributed by atoms with van der Waals surface area (Å²) in [5, 5.41) is 5.65. The predicted molar refractivity (Wildman–Crippen MR) is 112 cm³/mol. The van der Waals surface area contributed by atoms with Crippen LogP contribution in [0.25, 0.3) is 0 Å². The number of carbonyl (C=O) groups is 2. The summed E-state index contributed by atoms with van der Waals surface area (Å²) in [5.41, 5.74) is 2.38. The van der Waals surface area contributed by atoms with Gasteiger partial charge in [-0.1, -0.05) is 26.0 Å². The highest BCUT2D eigenvalue weighted by Gasteiger charge is 2.16. The maximum Gasteiger partial charge on any atom is 0.262 e. The first-order valence-electron chi connectivity index (χ1n) is 10.0. The van der Waals surface area contributed by atoms with E-state index in [1.54, 1.807) is 24.3 Å². The molecule has 0 saturated carbocycles. The quantitative estimate of drug-likeness (QED) is 0.713. The third-order valence-corrected chi connectivity index (χ3v) is 4.86. The van der Waals surface area contributed by atoms with Gasteiger partial charge in [0.05, 0.1) is 6.10 Å². The molecule has 1 aliphatic rings. The molecule has 2 aromatic rings. The standard InChI is InChI=1S/C23H28N2O4/c1-16(2)17-7-11-20(12-8-17)29-15-22(26)25-19-9-5-18(6-10-19)23(27)24-14-21-4-3-13-28-21/h5-12,16,21H,3-4,13-15H2,1-2H3,(H,24,27)(H,25,26)/t21-/m1/s1. The Balaban J connectivity index is 1.43. The largest absolute Gasteiger partial charge is 0.484 e. The molecule has 2 aromatic carbocycles. The summed E-state index contributed by atoms with van der Waals surface area (Å²) in [7, 11) is 0. The zero-order chi connectivity index (χ0) is 20.6. The van der Waals surface area contributed by atoms with Gasteiger partial charge in [0, 0.05) is 24.4 Å². The normalized spacial score (nSPS) is 15.9. The molecule has 2 N–H and O–H groups in total. The van der Waals surface area contributed by atoms with Gasteiger partial charge in [-0.05, 0) is 60.7 Å². The molecule has 29 heavy (non-hydrogen) atoms. The van der Waals surface area contributed by atoms with Crippen LogP contribution in [-0.2, 0) is 9.53 Å². The molecule has 2 amide bonds. The zero-order valence-electron chi connectivity index (χ0n) is 16.9. The first-order chi connectivity index (χ1) is 14.0. The first-order valence-corrected chi connectivity index (χ1v) is 10.0. The monoisotopic (exact) mass is 396 g/mol. The van der Waals surface area contributed by atoms with E-state index in [4.69, 9.17) is 9.47 Å². The lowest BCUT2D eigenvalue weighted by molar-refractivity contribution is -0.118. The van der Waals surface area contributed by atoms with Crippen molar-refractivity contribution in [1.29, 1.82) is 0 Å². The molecule has 1 atom stereocenters.